The van der Waals surface area contributed by atoms with Crippen molar-refractivity contribution < 1.29 is 0 Å². The van der Waals surface area contributed by atoms with Crippen LogP contribution in [0.1, 0.15) is 32.4 Å². The van der Waals surface area contributed by atoms with Gasteiger partial charge in [0, 0.05) is 24.5 Å². The summed E-state index contributed by atoms with van der Waals surface area (Å²) in [4.78, 5) is 8.68. The molecule has 2 aromatic heterocycles. The molecule has 0 unspecified atom stereocenters. The van der Waals surface area contributed by atoms with E-state index in [0.29, 0.717) is 11.8 Å². The highest BCUT2D eigenvalue weighted by molar-refractivity contribution is 5.30. The van der Waals surface area contributed by atoms with Crippen molar-refractivity contribution in [3.05, 3.63) is 30.4 Å². The van der Waals surface area contributed by atoms with Gasteiger partial charge in [-0.2, -0.15) is 0 Å². The third-order valence-corrected chi connectivity index (χ3v) is 2.72. The van der Waals surface area contributed by atoms with E-state index in [2.05, 4.69) is 36.9 Å². The Morgan fingerprint density at radius 1 is 1.29 bits per heavy atom. The van der Waals surface area contributed by atoms with Crippen LogP contribution in [0.3, 0.4) is 0 Å². The number of nitrogens with zero attached hydrogens (tertiary/aromatic N) is 3. The number of aromatic nitrogens is 3. The van der Waals surface area contributed by atoms with Crippen LogP contribution >= 0.6 is 0 Å². The van der Waals surface area contributed by atoms with Crippen LogP contribution in [0.25, 0.3) is 5.78 Å². The summed E-state index contributed by atoms with van der Waals surface area (Å²) in [5.41, 5.74) is 1.12. The van der Waals surface area contributed by atoms with Gasteiger partial charge in [0.25, 0.3) is 0 Å². The highest BCUT2D eigenvalue weighted by atomic mass is 15.1. The fourth-order valence-electron chi connectivity index (χ4n) is 1.41. The van der Waals surface area contributed by atoms with Crippen LogP contribution in [0.15, 0.2) is 24.7 Å². The number of fused-ring (bicyclic) bond motifs is 1. The van der Waals surface area contributed by atoms with Crippen molar-refractivity contribution in [2.24, 2.45) is 5.92 Å². The van der Waals surface area contributed by atoms with Crippen LogP contribution in [0.5, 0.6) is 0 Å². The summed E-state index contributed by atoms with van der Waals surface area (Å²) < 4.78 is 1.97. The maximum atomic E-state index is 4.49. The molecular formula is C11H15N3. The third kappa shape index (κ3) is 1.50. The fourth-order valence-corrected chi connectivity index (χ4v) is 1.41. The summed E-state index contributed by atoms with van der Waals surface area (Å²) in [6.45, 7) is 6.62. The first kappa shape index (κ1) is 9.19. The molecule has 0 aliphatic heterocycles. The summed E-state index contributed by atoms with van der Waals surface area (Å²) in [6.07, 6.45) is 5.81. The lowest BCUT2D eigenvalue weighted by molar-refractivity contribution is 0.526. The molecule has 3 nitrogen and oxygen atoms in total. The summed E-state index contributed by atoms with van der Waals surface area (Å²) in [5, 5.41) is 0. The molecule has 0 fully saturated rings. The molecule has 14 heavy (non-hydrogen) atoms. The van der Waals surface area contributed by atoms with Crippen molar-refractivity contribution in [2.45, 2.75) is 26.7 Å². The van der Waals surface area contributed by atoms with Gasteiger partial charge in [0.05, 0.1) is 5.69 Å². The van der Waals surface area contributed by atoms with Gasteiger partial charge in [0.1, 0.15) is 0 Å². The number of hydrogen-bond acceptors (Lipinski definition) is 2. The van der Waals surface area contributed by atoms with Crippen molar-refractivity contribution in [3.63, 3.8) is 0 Å². The Morgan fingerprint density at radius 2 is 2.07 bits per heavy atom. The summed E-state index contributed by atoms with van der Waals surface area (Å²) in [5.74, 6) is 1.88. The lowest BCUT2D eigenvalue weighted by atomic mass is 9.95. The van der Waals surface area contributed by atoms with E-state index in [1.54, 1.807) is 6.20 Å². The van der Waals surface area contributed by atoms with Crippen molar-refractivity contribution >= 4 is 5.78 Å². The van der Waals surface area contributed by atoms with E-state index >= 15 is 0 Å². The van der Waals surface area contributed by atoms with Gasteiger partial charge in [-0.05, 0) is 12.0 Å². The summed E-state index contributed by atoms with van der Waals surface area (Å²) in [6, 6.07) is 1.92. The SMILES string of the molecule is CC(C)[C@@H](C)c1cn2cccnc2n1. The molecule has 2 rings (SSSR count). The summed E-state index contributed by atoms with van der Waals surface area (Å²) >= 11 is 0. The van der Waals surface area contributed by atoms with Crippen molar-refractivity contribution in [3.8, 4) is 0 Å². The highest BCUT2D eigenvalue weighted by Gasteiger charge is 2.13. The highest BCUT2D eigenvalue weighted by Crippen LogP contribution is 2.22. The molecule has 0 saturated heterocycles. The molecule has 0 N–H and O–H groups in total. The second-order valence-corrected chi connectivity index (χ2v) is 4.03. The molecule has 0 radical (unpaired) electrons. The summed E-state index contributed by atoms with van der Waals surface area (Å²) in [7, 11) is 0. The van der Waals surface area contributed by atoms with Crippen LogP contribution in [-0.2, 0) is 0 Å². The van der Waals surface area contributed by atoms with Gasteiger partial charge in [-0.25, -0.2) is 9.97 Å². The number of rotatable bonds is 2. The van der Waals surface area contributed by atoms with Gasteiger partial charge < -0.3 is 0 Å². The molecule has 0 amide bonds. The van der Waals surface area contributed by atoms with E-state index in [-0.39, 0.29) is 0 Å². The largest absolute Gasteiger partial charge is 0.291 e. The zero-order chi connectivity index (χ0) is 10.1. The zero-order valence-electron chi connectivity index (χ0n) is 8.81. The predicted molar refractivity (Wildman–Crippen MR) is 56.2 cm³/mol. The van der Waals surface area contributed by atoms with Crippen LogP contribution in [0.2, 0.25) is 0 Å². The van der Waals surface area contributed by atoms with Crippen molar-refractivity contribution in [1.29, 1.82) is 0 Å². The Labute approximate surface area is 83.8 Å². The first-order valence-corrected chi connectivity index (χ1v) is 4.98. The first-order valence-electron chi connectivity index (χ1n) is 4.98. The maximum absolute atomic E-state index is 4.49. The lowest BCUT2D eigenvalue weighted by Gasteiger charge is -2.11. The van der Waals surface area contributed by atoms with Crippen LogP contribution in [-0.4, -0.2) is 14.4 Å². The van der Waals surface area contributed by atoms with Crippen LogP contribution in [0, 0.1) is 5.92 Å². The monoisotopic (exact) mass is 189 g/mol. The quantitative estimate of drug-likeness (QED) is 0.726. The minimum Gasteiger partial charge on any atom is -0.291 e. The molecule has 1 atom stereocenters. The molecule has 2 aromatic rings. The second-order valence-electron chi connectivity index (χ2n) is 4.03. The Kier molecular flexibility index (Phi) is 2.23. The maximum Gasteiger partial charge on any atom is 0.233 e. The van der Waals surface area contributed by atoms with Crippen LogP contribution in [0.4, 0.5) is 0 Å². The average Bonchev–Trinajstić information content (AvgIpc) is 2.59. The smallest absolute Gasteiger partial charge is 0.233 e. The Morgan fingerprint density at radius 3 is 2.71 bits per heavy atom. The van der Waals surface area contributed by atoms with Gasteiger partial charge in [-0.3, -0.25) is 4.40 Å². The molecule has 0 aliphatic carbocycles. The fraction of sp³-hybridized carbons (Fsp3) is 0.455. The van der Waals surface area contributed by atoms with Crippen molar-refractivity contribution in [1.82, 2.24) is 14.4 Å². The van der Waals surface area contributed by atoms with Crippen LogP contribution < -0.4 is 0 Å². The second kappa shape index (κ2) is 3.40. The number of hydrogen-bond donors (Lipinski definition) is 0. The van der Waals surface area contributed by atoms with E-state index in [4.69, 9.17) is 0 Å². The Balaban J connectivity index is 2.45. The van der Waals surface area contributed by atoms with E-state index in [1.165, 1.54) is 0 Å². The molecule has 2 heterocycles. The Bertz CT molecular complexity index is 398. The molecule has 0 bridgehead atoms. The topological polar surface area (TPSA) is 30.2 Å². The van der Waals surface area contributed by atoms with Crippen molar-refractivity contribution in [2.75, 3.05) is 0 Å². The van der Waals surface area contributed by atoms with E-state index in [1.807, 2.05) is 16.7 Å². The standard InChI is InChI=1S/C11H15N3/c1-8(2)9(3)10-7-14-6-4-5-12-11(14)13-10/h4-9H,1-3H3/t9-/m1/s1. The van der Waals surface area contributed by atoms with Gasteiger partial charge in [0.2, 0.25) is 5.78 Å². The minimum absolute atomic E-state index is 0.483. The minimum atomic E-state index is 0.483. The van der Waals surface area contributed by atoms with E-state index < -0.39 is 0 Å². The normalized spacial score (nSPS) is 13.7. The Hall–Kier alpha value is -1.38. The van der Waals surface area contributed by atoms with E-state index in [9.17, 15) is 0 Å². The van der Waals surface area contributed by atoms with E-state index in [0.717, 1.165) is 11.5 Å². The average molecular weight is 189 g/mol. The van der Waals surface area contributed by atoms with Gasteiger partial charge in [-0.1, -0.05) is 20.8 Å². The molecule has 74 valence electrons. The predicted octanol–water partition coefficient (Wildman–Crippen LogP) is 2.49. The third-order valence-electron chi connectivity index (χ3n) is 2.72. The lowest BCUT2D eigenvalue weighted by Crippen LogP contribution is -2.01. The first-order chi connectivity index (χ1) is 6.68. The number of imidazole rings is 1. The van der Waals surface area contributed by atoms with Gasteiger partial charge >= 0.3 is 0 Å². The van der Waals surface area contributed by atoms with Gasteiger partial charge in [0.15, 0.2) is 0 Å². The molecule has 0 saturated carbocycles. The molecule has 0 aliphatic rings. The zero-order valence-corrected chi connectivity index (χ0v) is 8.81. The molecule has 0 spiro atoms. The molecule has 0 aromatic carbocycles. The van der Waals surface area contributed by atoms with Gasteiger partial charge in [-0.15, -0.1) is 0 Å². The molecule has 3 heteroatoms. The molecular weight excluding hydrogens is 174 g/mol.